The molecule has 2 aromatic carbocycles. The van der Waals surface area contributed by atoms with Crippen LogP contribution in [0.5, 0.6) is 0 Å². The van der Waals surface area contributed by atoms with Crippen molar-refractivity contribution in [3.8, 4) is 0 Å². The highest BCUT2D eigenvalue weighted by Gasteiger charge is 2.49. The number of benzene rings is 2. The molecule has 0 bridgehead atoms. The van der Waals surface area contributed by atoms with E-state index in [9.17, 15) is 0 Å². The van der Waals surface area contributed by atoms with Gasteiger partial charge in [0.05, 0.1) is 10.8 Å². The predicted molar refractivity (Wildman–Crippen MR) is 85.2 cm³/mol. The second kappa shape index (κ2) is 6.67. The summed E-state index contributed by atoms with van der Waals surface area (Å²) in [5.41, 5.74) is 4.92. The van der Waals surface area contributed by atoms with Gasteiger partial charge in [0.2, 0.25) is 5.69 Å². The third-order valence-corrected chi connectivity index (χ3v) is 5.65. The zero-order valence-electron chi connectivity index (χ0n) is 14.5. The smallest absolute Gasteiger partial charge is 0.217 e. The lowest BCUT2D eigenvalue weighted by atomic mass is 9.67. The van der Waals surface area contributed by atoms with Crippen LogP contribution in [0.15, 0.2) is 36.4 Å². The Balaban J connectivity index is 0.000000324. The van der Waals surface area contributed by atoms with Crippen LogP contribution < -0.4 is 18.6 Å². The molecule has 0 aromatic heterocycles. The van der Waals surface area contributed by atoms with Crippen LogP contribution in [0.2, 0.25) is 0 Å². The lowest BCUT2D eigenvalue weighted by molar-refractivity contribution is -2.00. The molecular weight excluding hydrogens is 342 g/mol. The van der Waals surface area contributed by atoms with E-state index < -0.39 is 10.2 Å². The number of hydrogen-bond donors (Lipinski definition) is 0. The lowest BCUT2D eigenvalue weighted by Crippen LogP contribution is -2.68. The van der Waals surface area contributed by atoms with E-state index >= 15 is 0 Å². The van der Waals surface area contributed by atoms with Crippen LogP contribution in [0.3, 0.4) is 0 Å². The van der Waals surface area contributed by atoms with Crippen molar-refractivity contribution >= 4 is 22.2 Å². The molecule has 1 spiro atoms. The summed E-state index contributed by atoms with van der Waals surface area (Å²) in [6.07, 6.45) is 6.81. The van der Waals surface area contributed by atoms with Crippen molar-refractivity contribution in [2.45, 2.75) is 44.4 Å². The third-order valence-electron chi connectivity index (χ3n) is 5.65. The molecule has 0 radical (unpaired) electrons. The molecule has 5 nitrogen and oxygen atoms in total. The zero-order chi connectivity index (χ0) is 18.2. The van der Waals surface area contributed by atoms with Gasteiger partial charge >= 0.3 is 0 Å². The maximum Gasteiger partial charge on any atom is 0.217 e. The second-order valence-electron chi connectivity index (χ2n) is 6.85. The Morgan fingerprint density at radius 1 is 0.920 bits per heavy atom. The molecule has 1 saturated carbocycles. The fourth-order valence-electron chi connectivity index (χ4n) is 4.47. The van der Waals surface area contributed by atoms with E-state index in [-0.39, 0.29) is 0 Å². The van der Waals surface area contributed by atoms with E-state index in [1.165, 1.54) is 48.6 Å². The zero-order valence-corrected chi connectivity index (χ0v) is 15.2. The topological polar surface area (TPSA) is 95.2 Å². The highest BCUT2D eigenvalue weighted by atomic mass is 35.7. The monoisotopic (exact) mass is 363 g/mol. The standard InChI is InChI=1S/C19H22N.ClHO4/c1-14-19(12-6-3-7-13-19)17-11-10-15-8-4-5-9-16(15)18(17)20(14)2;2-1(3,4)5/h4-5,8-11H,3,6-7,12-13H2,1-2H3;(H,2,3,4,5)/q+1;/p-1. The summed E-state index contributed by atoms with van der Waals surface area (Å²) in [6, 6.07) is 13.5. The minimum Gasteiger partial charge on any atom is -0.222 e. The molecule has 0 saturated heterocycles. The molecule has 0 amide bonds. The Kier molecular flexibility index (Phi) is 4.88. The molecule has 25 heavy (non-hydrogen) atoms. The normalized spacial score (nSPS) is 19.0. The van der Waals surface area contributed by atoms with Gasteiger partial charge < -0.3 is 0 Å². The molecular formula is C19H22ClNO4. The van der Waals surface area contributed by atoms with Gasteiger partial charge in [-0.1, -0.05) is 49.6 Å². The third kappa shape index (κ3) is 3.43. The summed E-state index contributed by atoms with van der Waals surface area (Å²) in [5.74, 6) is 0. The maximum absolute atomic E-state index is 8.49. The minimum absolute atomic E-state index is 0.326. The molecule has 134 valence electrons. The fraction of sp³-hybridized carbons (Fsp3) is 0.421. The van der Waals surface area contributed by atoms with Crippen molar-refractivity contribution in [2.75, 3.05) is 7.05 Å². The molecule has 0 atom stereocenters. The molecule has 1 aliphatic heterocycles. The van der Waals surface area contributed by atoms with Gasteiger partial charge in [0.1, 0.15) is 7.05 Å². The highest BCUT2D eigenvalue weighted by Crippen LogP contribution is 2.50. The SMILES string of the molecule is CC1=[N+](C)c2c(ccc3ccccc23)C12CCCCC2.[O-][Cl+3]([O-])([O-])[O-]. The summed E-state index contributed by atoms with van der Waals surface area (Å²) in [5, 5.41) is 2.77. The van der Waals surface area contributed by atoms with Crippen molar-refractivity contribution in [1.82, 2.24) is 0 Å². The van der Waals surface area contributed by atoms with Gasteiger partial charge in [0.15, 0.2) is 5.71 Å². The Morgan fingerprint density at radius 2 is 1.52 bits per heavy atom. The first-order valence-corrected chi connectivity index (χ1v) is 9.69. The molecule has 2 aromatic rings. The number of hydrogen-bond acceptors (Lipinski definition) is 4. The summed E-state index contributed by atoms with van der Waals surface area (Å²) >= 11 is 0. The number of halogens is 1. The van der Waals surface area contributed by atoms with Crippen molar-refractivity contribution in [2.24, 2.45) is 0 Å². The summed E-state index contributed by atoms with van der Waals surface area (Å²) < 4.78 is 36.4. The molecule has 1 aliphatic carbocycles. The Morgan fingerprint density at radius 3 is 2.16 bits per heavy atom. The van der Waals surface area contributed by atoms with Gasteiger partial charge in [0, 0.05) is 12.5 Å². The molecule has 6 heteroatoms. The predicted octanol–water partition coefficient (Wildman–Crippen LogP) is 0.0340. The van der Waals surface area contributed by atoms with Gasteiger partial charge in [-0.25, -0.2) is 23.2 Å². The Hall–Kier alpha value is -1.50. The lowest BCUT2D eigenvalue weighted by Gasteiger charge is -2.31. The number of rotatable bonds is 0. The maximum atomic E-state index is 8.49. The van der Waals surface area contributed by atoms with Gasteiger partial charge in [-0.15, -0.1) is 10.2 Å². The average molecular weight is 364 g/mol. The van der Waals surface area contributed by atoms with Crippen LogP contribution in [-0.2, 0) is 5.41 Å². The quantitative estimate of drug-likeness (QED) is 0.617. The van der Waals surface area contributed by atoms with Gasteiger partial charge in [-0.2, -0.15) is 0 Å². The average Bonchev–Trinajstić information content (AvgIpc) is 2.77. The number of nitrogens with zero attached hydrogens (tertiary/aromatic N) is 1. The number of fused-ring (bicyclic) bond motifs is 4. The first-order chi connectivity index (χ1) is 11.7. The van der Waals surface area contributed by atoms with Crippen molar-refractivity contribution in [3.63, 3.8) is 0 Å². The molecule has 0 N–H and O–H groups in total. The van der Waals surface area contributed by atoms with Crippen LogP contribution in [0, 0.1) is 10.2 Å². The van der Waals surface area contributed by atoms with Gasteiger partial charge in [-0.05, 0) is 24.3 Å². The molecule has 2 aliphatic rings. The fourth-order valence-corrected chi connectivity index (χ4v) is 4.47. The van der Waals surface area contributed by atoms with Crippen LogP contribution in [0.25, 0.3) is 10.8 Å². The summed E-state index contributed by atoms with van der Waals surface area (Å²) in [7, 11) is -2.69. The Bertz CT molecular complexity index is 814. The second-order valence-corrected chi connectivity index (χ2v) is 7.60. The Labute approximate surface area is 149 Å². The molecule has 4 rings (SSSR count). The largest absolute Gasteiger partial charge is 0.222 e. The van der Waals surface area contributed by atoms with Gasteiger partial charge in [0.25, 0.3) is 0 Å². The first-order valence-electron chi connectivity index (χ1n) is 8.46. The highest BCUT2D eigenvalue weighted by molar-refractivity contribution is 6.02. The van der Waals surface area contributed by atoms with Crippen LogP contribution in [-0.4, -0.2) is 17.3 Å². The van der Waals surface area contributed by atoms with Crippen molar-refractivity contribution in [1.29, 1.82) is 0 Å². The van der Waals surface area contributed by atoms with Crippen LogP contribution in [0.1, 0.15) is 44.6 Å². The van der Waals surface area contributed by atoms with E-state index in [2.05, 4.69) is 54.9 Å². The van der Waals surface area contributed by atoms with E-state index in [4.69, 9.17) is 18.6 Å². The molecule has 1 fully saturated rings. The van der Waals surface area contributed by atoms with Crippen molar-refractivity contribution < 1.29 is 33.5 Å². The van der Waals surface area contributed by atoms with E-state index in [1.54, 1.807) is 11.3 Å². The summed E-state index contributed by atoms with van der Waals surface area (Å²) in [6.45, 7) is 2.35. The summed E-state index contributed by atoms with van der Waals surface area (Å²) in [4.78, 5) is 0. The first kappa shape index (κ1) is 18.3. The minimum atomic E-state index is -4.94. The van der Waals surface area contributed by atoms with E-state index in [0.717, 1.165) is 0 Å². The molecule has 1 heterocycles. The van der Waals surface area contributed by atoms with Crippen LogP contribution >= 0.6 is 0 Å². The van der Waals surface area contributed by atoms with E-state index in [0.29, 0.717) is 5.41 Å². The van der Waals surface area contributed by atoms with Gasteiger partial charge in [-0.3, -0.25) is 0 Å². The molecule has 0 unspecified atom stereocenters. The van der Waals surface area contributed by atoms with E-state index in [1.807, 2.05) is 0 Å². The van der Waals surface area contributed by atoms with Crippen LogP contribution in [0.4, 0.5) is 5.69 Å². The van der Waals surface area contributed by atoms with Crippen molar-refractivity contribution in [3.05, 3.63) is 42.0 Å².